The quantitative estimate of drug-likeness (QED) is 0.722. The normalized spacial score (nSPS) is 30.8. The predicted octanol–water partition coefficient (Wildman–Crippen LogP) is 1.83. The van der Waals surface area contributed by atoms with E-state index in [0.717, 1.165) is 11.7 Å². The second kappa shape index (κ2) is 5.85. The Morgan fingerprint density at radius 3 is 2.77 bits per heavy atom. The van der Waals surface area contributed by atoms with Crippen LogP contribution in [0.2, 0.25) is 0 Å². The highest BCUT2D eigenvalue weighted by Gasteiger charge is 2.28. The van der Waals surface area contributed by atoms with E-state index in [0.29, 0.717) is 11.3 Å². The molecule has 0 aromatic heterocycles. The van der Waals surface area contributed by atoms with Gasteiger partial charge in [0.25, 0.3) is 0 Å². The van der Waals surface area contributed by atoms with Gasteiger partial charge in [-0.2, -0.15) is 23.5 Å². The standard InChI is InChI=1S/C10H17NS2/c1-4-5-9(11-3)10-8(2)12-6-7-13-10/h1,8-11H,5-7H2,2-3H3. The molecule has 1 aliphatic heterocycles. The minimum atomic E-state index is 0.484. The summed E-state index contributed by atoms with van der Waals surface area (Å²) in [6.07, 6.45) is 6.20. The van der Waals surface area contributed by atoms with Crippen LogP contribution in [0, 0.1) is 12.3 Å². The lowest BCUT2D eigenvalue weighted by molar-refractivity contribution is 0.545. The maximum Gasteiger partial charge on any atom is 0.0326 e. The second-order valence-electron chi connectivity index (χ2n) is 3.21. The van der Waals surface area contributed by atoms with Gasteiger partial charge in [0, 0.05) is 34.5 Å². The molecule has 1 nitrogen and oxygen atoms in total. The molecule has 3 heteroatoms. The third kappa shape index (κ3) is 3.12. The molecule has 1 saturated heterocycles. The Kier molecular flexibility index (Phi) is 5.08. The second-order valence-corrected chi connectivity index (χ2v) is 5.99. The zero-order valence-corrected chi connectivity index (χ0v) is 9.88. The molecule has 3 atom stereocenters. The molecule has 13 heavy (non-hydrogen) atoms. The van der Waals surface area contributed by atoms with E-state index in [1.54, 1.807) is 0 Å². The van der Waals surface area contributed by atoms with Gasteiger partial charge in [-0.3, -0.25) is 0 Å². The van der Waals surface area contributed by atoms with Crippen molar-refractivity contribution >= 4 is 23.5 Å². The highest BCUT2D eigenvalue weighted by atomic mass is 32.2. The first-order valence-electron chi connectivity index (χ1n) is 4.63. The van der Waals surface area contributed by atoms with E-state index in [4.69, 9.17) is 6.42 Å². The SMILES string of the molecule is C#CCC(NC)C1SCCSC1C. The molecular formula is C10H17NS2. The molecule has 1 fully saturated rings. The Bertz CT molecular complexity index is 188. The number of terminal acetylenes is 1. The van der Waals surface area contributed by atoms with Crippen LogP contribution in [0.25, 0.3) is 0 Å². The number of nitrogens with one attached hydrogen (secondary N) is 1. The molecule has 0 aliphatic carbocycles. The van der Waals surface area contributed by atoms with Gasteiger partial charge in [0.05, 0.1) is 0 Å². The van der Waals surface area contributed by atoms with Crippen molar-refractivity contribution in [1.29, 1.82) is 0 Å². The van der Waals surface area contributed by atoms with Crippen molar-refractivity contribution in [2.45, 2.75) is 29.9 Å². The van der Waals surface area contributed by atoms with E-state index < -0.39 is 0 Å². The summed E-state index contributed by atoms with van der Waals surface area (Å²) in [7, 11) is 2.01. The molecule has 0 amide bonds. The Hall–Kier alpha value is 0.220. The summed E-state index contributed by atoms with van der Waals surface area (Å²) in [5.41, 5.74) is 0. The third-order valence-electron chi connectivity index (χ3n) is 2.34. The van der Waals surface area contributed by atoms with Crippen molar-refractivity contribution in [3.05, 3.63) is 0 Å². The van der Waals surface area contributed by atoms with Crippen molar-refractivity contribution in [2.75, 3.05) is 18.6 Å². The van der Waals surface area contributed by atoms with Crippen LogP contribution in [0.15, 0.2) is 0 Å². The zero-order valence-electron chi connectivity index (χ0n) is 8.25. The lowest BCUT2D eigenvalue weighted by atomic mass is 10.1. The van der Waals surface area contributed by atoms with Crippen LogP contribution in [0.4, 0.5) is 0 Å². The van der Waals surface area contributed by atoms with Gasteiger partial charge in [-0.05, 0) is 7.05 Å². The van der Waals surface area contributed by atoms with E-state index in [2.05, 4.69) is 41.7 Å². The van der Waals surface area contributed by atoms with E-state index in [-0.39, 0.29) is 0 Å². The average Bonchev–Trinajstić information content (AvgIpc) is 2.16. The average molecular weight is 215 g/mol. The number of hydrogen-bond acceptors (Lipinski definition) is 3. The van der Waals surface area contributed by atoms with Crippen molar-refractivity contribution in [1.82, 2.24) is 5.32 Å². The minimum Gasteiger partial charge on any atom is -0.315 e. The largest absolute Gasteiger partial charge is 0.315 e. The molecular weight excluding hydrogens is 198 g/mol. The highest BCUT2D eigenvalue weighted by molar-refractivity contribution is 8.07. The fourth-order valence-electron chi connectivity index (χ4n) is 1.60. The van der Waals surface area contributed by atoms with E-state index in [1.807, 2.05) is 7.05 Å². The molecule has 0 aromatic rings. The summed E-state index contributed by atoms with van der Waals surface area (Å²) in [5.74, 6) is 5.30. The zero-order chi connectivity index (χ0) is 9.68. The lowest BCUT2D eigenvalue weighted by Gasteiger charge is -2.33. The van der Waals surface area contributed by atoms with E-state index >= 15 is 0 Å². The van der Waals surface area contributed by atoms with Crippen LogP contribution >= 0.6 is 23.5 Å². The van der Waals surface area contributed by atoms with Gasteiger partial charge in [0.15, 0.2) is 0 Å². The molecule has 0 radical (unpaired) electrons. The number of rotatable bonds is 3. The van der Waals surface area contributed by atoms with Gasteiger partial charge in [-0.15, -0.1) is 12.3 Å². The molecule has 1 N–H and O–H groups in total. The van der Waals surface area contributed by atoms with Crippen LogP contribution in [-0.2, 0) is 0 Å². The van der Waals surface area contributed by atoms with Crippen LogP contribution in [0.5, 0.6) is 0 Å². The molecule has 1 heterocycles. The first-order chi connectivity index (χ1) is 6.29. The summed E-state index contributed by atoms with van der Waals surface area (Å²) >= 11 is 4.13. The minimum absolute atomic E-state index is 0.484. The van der Waals surface area contributed by atoms with Crippen molar-refractivity contribution in [3.63, 3.8) is 0 Å². The molecule has 0 bridgehead atoms. The smallest absolute Gasteiger partial charge is 0.0326 e. The molecule has 0 spiro atoms. The van der Waals surface area contributed by atoms with Crippen molar-refractivity contribution in [2.24, 2.45) is 0 Å². The topological polar surface area (TPSA) is 12.0 Å². The highest BCUT2D eigenvalue weighted by Crippen LogP contribution is 2.33. The lowest BCUT2D eigenvalue weighted by Crippen LogP contribution is -2.42. The first-order valence-corrected chi connectivity index (χ1v) is 6.73. The van der Waals surface area contributed by atoms with Crippen LogP contribution in [0.1, 0.15) is 13.3 Å². The first kappa shape index (κ1) is 11.3. The Morgan fingerprint density at radius 1 is 1.54 bits per heavy atom. The fraction of sp³-hybridized carbons (Fsp3) is 0.800. The van der Waals surface area contributed by atoms with Gasteiger partial charge in [-0.25, -0.2) is 0 Å². The van der Waals surface area contributed by atoms with Gasteiger partial charge < -0.3 is 5.32 Å². The van der Waals surface area contributed by atoms with Crippen LogP contribution in [0.3, 0.4) is 0 Å². The van der Waals surface area contributed by atoms with Crippen LogP contribution in [-0.4, -0.2) is 35.1 Å². The van der Waals surface area contributed by atoms with Gasteiger partial charge in [-0.1, -0.05) is 6.92 Å². The van der Waals surface area contributed by atoms with E-state index in [9.17, 15) is 0 Å². The van der Waals surface area contributed by atoms with Crippen molar-refractivity contribution in [3.8, 4) is 12.3 Å². The fourth-order valence-corrected chi connectivity index (χ4v) is 4.60. The summed E-state index contributed by atoms with van der Waals surface area (Å²) in [5, 5.41) is 4.73. The summed E-state index contributed by atoms with van der Waals surface area (Å²) < 4.78 is 0. The molecule has 0 aromatic carbocycles. The molecule has 0 saturated carbocycles. The van der Waals surface area contributed by atoms with Crippen LogP contribution < -0.4 is 5.32 Å². The number of thioether (sulfide) groups is 2. The Morgan fingerprint density at radius 2 is 2.23 bits per heavy atom. The van der Waals surface area contributed by atoms with Crippen molar-refractivity contribution < 1.29 is 0 Å². The predicted molar refractivity (Wildman–Crippen MR) is 64.5 cm³/mol. The summed E-state index contributed by atoms with van der Waals surface area (Å²) in [6.45, 7) is 2.31. The van der Waals surface area contributed by atoms with Gasteiger partial charge >= 0.3 is 0 Å². The third-order valence-corrected chi connectivity index (χ3v) is 5.59. The maximum atomic E-state index is 5.35. The molecule has 1 aliphatic rings. The molecule has 1 rings (SSSR count). The Balaban J connectivity index is 2.50. The monoisotopic (exact) mass is 215 g/mol. The summed E-state index contributed by atoms with van der Waals surface area (Å²) in [6, 6.07) is 0.484. The number of hydrogen-bond donors (Lipinski definition) is 1. The van der Waals surface area contributed by atoms with Gasteiger partial charge in [0.2, 0.25) is 0 Å². The Labute approximate surface area is 89.8 Å². The van der Waals surface area contributed by atoms with Gasteiger partial charge in [0.1, 0.15) is 0 Å². The molecule has 74 valence electrons. The van der Waals surface area contributed by atoms with E-state index in [1.165, 1.54) is 11.5 Å². The molecule has 3 unspecified atom stereocenters. The summed E-state index contributed by atoms with van der Waals surface area (Å²) in [4.78, 5) is 0. The maximum absolute atomic E-state index is 5.35.